The van der Waals surface area contributed by atoms with Crippen LogP contribution < -0.4 is 22.1 Å². The minimum absolute atomic E-state index is 0.196. The van der Waals surface area contributed by atoms with Crippen molar-refractivity contribution in [2.24, 2.45) is 11.5 Å². The number of primary amides is 1. The third-order valence-corrected chi connectivity index (χ3v) is 4.24. The van der Waals surface area contributed by atoms with E-state index in [-0.39, 0.29) is 12.3 Å². The molecule has 0 aliphatic heterocycles. The molecule has 0 radical (unpaired) electrons. The van der Waals surface area contributed by atoms with Gasteiger partial charge < -0.3 is 22.1 Å². The summed E-state index contributed by atoms with van der Waals surface area (Å²) in [6.45, 7) is 3.09. The monoisotopic (exact) mass is 370 g/mol. The molecular formula is C19H38N4O3. The lowest BCUT2D eigenvalue weighted by Crippen LogP contribution is -2.48. The molecule has 6 N–H and O–H groups in total. The average Bonchev–Trinajstić information content (AvgIpc) is 2.59. The highest BCUT2D eigenvalue weighted by Crippen LogP contribution is 2.10. The van der Waals surface area contributed by atoms with Crippen LogP contribution in [-0.4, -0.2) is 36.9 Å². The Kier molecular flexibility index (Phi) is 15.8. The molecule has 0 spiro atoms. The zero-order chi connectivity index (χ0) is 19.6. The molecule has 0 bridgehead atoms. The Morgan fingerprint density at radius 1 is 0.885 bits per heavy atom. The van der Waals surface area contributed by atoms with Crippen molar-refractivity contribution in [2.75, 3.05) is 13.1 Å². The van der Waals surface area contributed by atoms with Gasteiger partial charge in [0.2, 0.25) is 17.7 Å². The van der Waals surface area contributed by atoms with Crippen LogP contribution in [0.15, 0.2) is 0 Å². The number of nitrogens with two attached hydrogens (primary N) is 2. The molecule has 1 atom stereocenters. The van der Waals surface area contributed by atoms with E-state index in [2.05, 4.69) is 17.6 Å². The Morgan fingerprint density at radius 3 is 2.00 bits per heavy atom. The summed E-state index contributed by atoms with van der Waals surface area (Å²) in [4.78, 5) is 35.2. The fraction of sp³-hybridized carbons (Fsp3) is 0.842. The summed E-state index contributed by atoms with van der Waals surface area (Å²) in [5.74, 6) is -1.22. The van der Waals surface area contributed by atoms with Crippen LogP contribution in [0.2, 0.25) is 0 Å². The van der Waals surface area contributed by atoms with Crippen molar-refractivity contribution in [3.05, 3.63) is 0 Å². The zero-order valence-corrected chi connectivity index (χ0v) is 16.4. The van der Waals surface area contributed by atoms with E-state index in [0.29, 0.717) is 25.9 Å². The quantitative estimate of drug-likeness (QED) is 0.291. The second-order valence-electron chi connectivity index (χ2n) is 6.80. The number of unbranched alkanes of at least 4 members (excludes halogenated alkanes) is 8. The van der Waals surface area contributed by atoms with Gasteiger partial charge in [-0.05, 0) is 19.4 Å². The SMILES string of the molecule is CCCCCCCCCCCC(=O)NC(CC(N)=O)C(=O)NCCCN. The summed E-state index contributed by atoms with van der Waals surface area (Å²) in [5, 5.41) is 5.28. The van der Waals surface area contributed by atoms with E-state index in [1.165, 1.54) is 38.5 Å². The normalized spacial score (nSPS) is 11.8. The van der Waals surface area contributed by atoms with Gasteiger partial charge in [-0.1, -0.05) is 58.3 Å². The predicted octanol–water partition coefficient (Wildman–Crippen LogP) is 1.73. The second-order valence-corrected chi connectivity index (χ2v) is 6.80. The van der Waals surface area contributed by atoms with Crippen LogP contribution in [0.4, 0.5) is 0 Å². The maximum Gasteiger partial charge on any atom is 0.243 e. The first-order chi connectivity index (χ1) is 12.5. The molecule has 0 rings (SSSR count). The van der Waals surface area contributed by atoms with E-state index in [9.17, 15) is 14.4 Å². The molecule has 0 aromatic rings. The van der Waals surface area contributed by atoms with Crippen LogP contribution in [0.3, 0.4) is 0 Å². The second kappa shape index (κ2) is 16.8. The molecule has 0 saturated carbocycles. The number of rotatable bonds is 17. The van der Waals surface area contributed by atoms with Crippen molar-refractivity contribution in [2.45, 2.75) is 90.0 Å². The van der Waals surface area contributed by atoms with Gasteiger partial charge in [-0.3, -0.25) is 14.4 Å². The highest BCUT2D eigenvalue weighted by atomic mass is 16.2. The first kappa shape index (κ1) is 24.4. The molecule has 0 heterocycles. The molecule has 0 aliphatic rings. The Balaban J connectivity index is 3.94. The molecule has 0 aromatic heterocycles. The molecule has 7 heteroatoms. The molecule has 7 nitrogen and oxygen atoms in total. The number of carbonyl (C=O) groups is 3. The van der Waals surface area contributed by atoms with Crippen LogP contribution in [0.25, 0.3) is 0 Å². The van der Waals surface area contributed by atoms with Crippen molar-refractivity contribution in [3.63, 3.8) is 0 Å². The summed E-state index contributed by atoms with van der Waals surface area (Å²) in [7, 11) is 0. The Morgan fingerprint density at radius 2 is 1.46 bits per heavy atom. The van der Waals surface area contributed by atoms with Gasteiger partial charge in [-0.25, -0.2) is 0 Å². The Labute approximate surface area is 158 Å². The predicted molar refractivity (Wildman–Crippen MR) is 104 cm³/mol. The maximum atomic E-state index is 12.0. The Bertz CT molecular complexity index is 402. The molecule has 152 valence electrons. The lowest BCUT2D eigenvalue weighted by atomic mass is 10.1. The van der Waals surface area contributed by atoms with E-state index < -0.39 is 17.9 Å². The van der Waals surface area contributed by atoms with E-state index in [1.54, 1.807) is 0 Å². The first-order valence-corrected chi connectivity index (χ1v) is 10.1. The van der Waals surface area contributed by atoms with Crippen molar-refractivity contribution >= 4 is 17.7 Å². The van der Waals surface area contributed by atoms with E-state index in [4.69, 9.17) is 11.5 Å². The number of nitrogens with one attached hydrogen (secondary N) is 2. The summed E-state index contributed by atoms with van der Waals surface area (Å²) in [6, 6.07) is -0.906. The lowest BCUT2D eigenvalue weighted by molar-refractivity contribution is -0.131. The van der Waals surface area contributed by atoms with Gasteiger partial charge in [0.05, 0.1) is 6.42 Å². The molecule has 0 aliphatic carbocycles. The standard InChI is InChI=1S/C19H38N4O3/c1-2-3-4-5-6-7-8-9-10-12-18(25)23-16(15-17(21)24)19(26)22-14-11-13-20/h16H,2-15,20H2,1H3,(H2,21,24)(H,22,26)(H,23,25). The number of hydrogen-bond acceptors (Lipinski definition) is 4. The van der Waals surface area contributed by atoms with Gasteiger partial charge in [0.1, 0.15) is 6.04 Å². The molecule has 0 aromatic carbocycles. The molecule has 3 amide bonds. The molecule has 26 heavy (non-hydrogen) atoms. The maximum absolute atomic E-state index is 12.0. The molecule has 0 fully saturated rings. The number of amides is 3. The van der Waals surface area contributed by atoms with Gasteiger partial charge >= 0.3 is 0 Å². The fourth-order valence-electron chi connectivity index (χ4n) is 2.71. The topological polar surface area (TPSA) is 127 Å². The van der Waals surface area contributed by atoms with Crippen LogP contribution in [0, 0.1) is 0 Å². The van der Waals surface area contributed by atoms with Gasteiger partial charge in [0, 0.05) is 13.0 Å². The molecule has 0 saturated heterocycles. The van der Waals surface area contributed by atoms with Gasteiger partial charge in [-0.15, -0.1) is 0 Å². The van der Waals surface area contributed by atoms with Gasteiger partial charge in [0.15, 0.2) is 0 Å². The van der Waals surface area contributed by atoms with Crippen molar-refractivity contribution in [3.8, 4) is 0 Å². The highest BCUT2D eigenvalue weighted by molar-refractivity contribution is 5.91. The number of carbonyl (C=O) groups excluding carboxylic acids is 3. The third kappa shape index (κ3) is 14.7. The summed E-state index contributed by atoms with van der Waals surface area (Å²) < 4.78 is 0. The summed E-state index contributed by atoms with van der Waals surface area (Å²) >= 11 is 0. The largest absolute Gasteiger partial charge is 0.370 e. The Hall–Kier alpha value is -1.63. The molecule has 1 unspecified atom stereocenters. The number of hydrogen-bond donors (Lipinski definition) is 4. The van der Waals surface area contributed by atoms with E-state index in [1.807, 2.05) is 0 Å². The minimum atomic E-state index is -0.906. The fourth-order valence-corrected chi connectivity index (χ4v) is 2.71. The van der Waals surface area contributed by atoms with Crippen LogP contribution >= 0.6 is 0 Å². The molecular weight excluding hydrogens is 332 g/mol. The van der Waals surface area contributed by atoms with Crippen molar-refractivity contribution in [1.82, 2.24) is 10.6 Å². The summed E-state index contributed by atoms with van der Waals surface area (Å²) in [5.41, 5.74) is 10.5. The average molecular weight is 371 g/mol. The highest BCUT2D eigenvalue weighted by Gasteiger charge is 2.22. The lowest BCUT2D eigenvalue weighted by Gasteiger charge is -2.17. The van der Waals surface area contributed by atoms with Gasteiger partial charge in [-0.2, -0.15) is 0 Å². The van der Waals surface area contributed by atoms with Crippen molar-refractivity contribution in [1.29, 1.82) is 0 Å². The smallest absolute Gasteiger partial charge is 0.243 e. The third-order valence-electron chi connectivity index (χ3n) is 4.24. The van der Waals surface area contributed by atoms with Crippen LogP contribution in [0.1, 0.15) is 84.0 Å². The minimum Gasteiger partial charge on any atom is -0.370 e. The van der Waals surface area contributed by atoms with Crippen molar-refractivity contribution < 1.29 is 14.4 Å². The van der Waals surface area contributed by atoms with Gasteiger partial charge in [0.25, 0.3) is 0 Å². The van der Waals surface area contributed by atoms with E-state index >= 15 is 0 Å². The van der Waals surface area contributed by atoms with Crippen LogP contribution in [0.5, 0.6) is 0 Å². The van der Waals surface area contributed by atoms with Crippen LogP contribution in [-0.2, 0) is 14.4 Å². The zero-order valence-electron chi connectivity index (χ0n) is 16.4. The first-order valence-electron chi connectivity index (χ1n) is 10.1. The summed E-state index contributed by atoms with van der Waals surface area (Å²) in [6.07, 6.45) is 11.4. The van der Waals surface area contributed by atoms with E-state index in [0.717, 1.165) is 19.3 Å².